The molecule has 0 saturated carbocycles. The normalized spacial score (nSPS) is 13.5. The lowest BCUT2D eigenvalue weighted by molar-refractivity contribution is 0.112. The van der Waals surface area contributed by atoms with E-state index in [4.69, 9.17) is 4.74 Å². The van der Waals surface area contributed by atoms with Gasteiger partial charge in [-0.1, -0.05) is 0 Å². The second kappa shape index (κ2) is 2.79. The van der Waals surface area contributed by atoms with Crippen molar-refractivity contribution in [3.63, 3.8) is 0 Å². The summed E-state index contributed by atoms with van der Waals surface area (Å²) < 4.78 is 5.00. The number of aromatic amines is 1. The Balaban J connectivity index is 2.74. The van der Waals surface area contributed by atoms with E-state index < -0.39 is 0 Å². The van der Waals surface area contributed by atoms with Gasteiger partial charge >= 0.3 is 0 Å². The summed E-state index contributed by atoms with van der Waals surface area (Å²) in [5.41, 5.74) is 0. The van der Waals surface area contributed by atoms with Gasteiger partial charge in [0.2, 0.25) is 0 Å². The highest BCUT2D eigenvalue weighted by molar-refractivity contribution is 4.90. The average molecular weight is 141 g/mol. The smallest absolute Gasteiger partial charge is 0.179 e. The second-order valence-electron chi connectivity index (χ2n) is 2.16. The summed E-state index contributed by atoms with van der Waals surface area (Å²) in [6.07, 6.45) is -0.0232. The molecule has 0 aliphatic carbocycles. The highest BCUT2D eigenvalue weighted by Gasteiger charge is 2.07. The van der Waals surface area contributed by atoms with E-state index in [1.165, 1.54) is 0 Å². The van der Waals surface area contributed by atoms with E-state index in [9.17, 15) is 0 Å². The molecule has 1 N–H and O–H groups in total. The van der Waals surface area contributed by atoms with Gasteiger partial charge in [0.15, 0.2) is 5.82 Å². The van der Waals surface area contributed by atoms with Crippen LogP contribution in [0.15, 0.2) is 0 Å². The third-order valence-corrected chi connectivity index (χ3v) is 1.33. The number of aromatic nitrogens is 3. The molecule has 10 heavy (non-hydrogen) atoms. The monoisotopic (exact) mass is 141 g/mol. The molecule has 1 aromatic rings. The average Bonchev–Trinajstić information content (AvgIpc) is 2.34. The van der Waals surface area contributed by atoms with E-state index in [0.717, 1.165) is 5.82 Å². The molecule has 0 amide bonds. The lowest BCUT2D eigenvalue weighted by atomic mass is 10.4. The van der Waals surface area contributed by atoms with Crippen molar-refractivity contribution in [3.8, 4) is 0 Å². The Labute approximate surface area is 59.6 Å². The number of hydrogen-bond donors (Lipinski definition) is 1. The molecule has 1 unspecified atom stereocenters. The van der Waals surface area contributed by atoms with Crippen molar-refractivity contribution in [2.45, 2.75) is 20.0 Å². The van der Waals surface area contributed by atoms with Gasteiger partial charge in [0.05, 0.1) is 0 Å². The van der Waals surface area contributed by atoms with Crippen LogP contribution in [0.3, 0.4) is 0 Å². The first-order valence-electron chi connectivity index (χ1n) is 3.15. The summed E-state index contributed by atoms with van der Waals surface area (Å²) in [5.74, 6) is 1.53. The van der Waals surface area contributed by atoms with Gasteiger partial charge in [-0.3, -0.25) is 5.10 Å². The van der Waals surface area contributed by atoms with Crippen molar-refractivity contribution in [1.29, 1.82) is 0 Å². The first kappa shape index (κ1) is 7.21. The van der Waals surface area contributed by atoms with Crippen LogP contribution < -0.4 is 0 Å². The maximum Gasteiger partial charge on any atom is 0.179 e. The Morgan fingerprint density at radius 1 is 1.60 bits per heavy atom. The number of methoxy groups -OCH3 is 1. The minimum Gasteiger partial charge on any atom is -0.374 e. The summed E-state index contributed by atoms with van der Waals surface area (Å²) in [7, 11) is 1.64. The number of nitrogens with one attached hydrogen (secondary N) is 1. The fourth-order valence-electron chi connectivity index (χ4n) is 0.647. The predicted octanol–water partition coefficient (Wildman–Crippen LogP) is 0.821. The van der Waals surface area contributed by atoms with E-state index in [-0.39, 0.29) is 6.10 Å². The van der Waals surface area contributed by atoms with Gasteiger partial charge in [0, 0.05) is 7.11 Å². The number of aryl methyl sites for hydroxylation is 1. The first-order valence-corrected chi connectivity index (χ1v) is 3.15. The maximum atomic E-state index is 5.00. The van der Waals surface area contributed by atoms with Gasteiger partial charge in [-0.05, 0) is 13.8 Å². The summed E-state index contributed by atoms with van der Waals surface area (Å²) in [5, 5.41) is 6.67. The van der Waals surface area contributed by atoms with Gasteiger partial charge in [0.25, 0.3) is 0 Å². The minimum atomic E-state index is -0.0232. The Kier molecular flexibility index (Phi) is 2.01. The molecule has 1 aromatic heterocycles. The molecule has 0 spiro atoms. The van der Waals surface area contributed by atoms with E-state index in [1.807, 2.05) is 13.8 Å². The van der Waals surface area contributed by atoms with Crippen LogP contribution in [0, 0.1) is 6.92 Å². The van der Waals surface area contributed by atoms with E-state index in [0.29, 0.717) is 5.82 Å². The molecular formula is C6H11N3O. The SMILES string of the molecule is COC(C)c1n[nH]c(C)n1. The van der Waals surface area contributed by atoms with E-state index in [2.05, 4.69) is 15.2 Å². The van der Waals surface area contributed by atoms with Gasteiger partial charge in [-0.2, -0.15) is 5.10 Å². The molecule has 0 aliphatic rings. The Morgan fingerprint density at radius 3 is 2.70 bits per heavy atom. The zero-order valence-electron chi connectivity index (χ0n) is 6.38. The van der Waals surface area contributed by atoms with Crippen LogP contribution in [-0.2, 0) is 4.74 Å². The van der Waals surface area contributed by atoms with Gasteiger partial charge < -0.3 is 4.74 Å². The fraction of sp³-hybridized carbons (Fsp3) is 0.667. The number of ether oxygens (including phenoxy) is 1. The van der Waals surface area contributed by atoms with Crippen molar-refractivity contribution < 1.29 is 4.74 Å². The van der Waals surface area contributed by atoms with Crippen LogP contribution in [0.1, 0.15) is 24.7 Å². The number of nitrogens with zero attached hydrogens (tertiary/aromatic N) is 2. The highest BCUT2D eigenvalue weighted by atomic mass is 16.5. The Bertz CT molecular complexity index is 209. The molecule has 0 radical (unpaired) electrons. The molecule has 0 aliphatic heterocycles. The summed E-state index contributed by atoms with van der Waals surface area (Å²) in [4.78, 5) is 4.09. The van der Waals surface area contributed by atoms with Crippen LogP contribution in [0.4, 0.5) is 0 Å². The highest BCUT2D eigenvalue weighted by Crippen LogP contribution is 2.08. The minimum absolute atomic E-state index is 0.0232. The largest absolute Gasteiger partial charge is 0.374 e. The van der Waals surface area contributed by atoms with Crippen molar-refractivity contribution in [2.75, 3.05) is 7.11 Å². The number of rotatable bonds is 2. The quantitative estimate of drug-likeness (QED) is 0.663. The lowest BCUT2D eigenvalue weighted by Gasteiger charge is -2.01. The van der Waals surface area contributed by atoms with Crippen LogP contribution in [-0.4, -0.2) is 22.3 Å². The van der Waals surface area contributed by atoms with Crippen molar-refractivity contribution in [3.05, 3.63) is 11.6 Å². The molecule has 1 heterocycles. The third-order valence-electron chi connectivity index (χ3n) is 1.33. The van der Waals surface area contributed by atoms with Crippen molar-refractivity contribution in [2.24, 2.45) is 0 Å². The lowest BCUT2D eigenvalue weighted by Crippen LogP contribution is -1.97. The molecule has 0 aromatic carbocycles. The van der Waals surface area contributed by atoms with Gasteiger partial charge in [-0.15, -0.1) is 0 Å². The van der Waals surface area contributed by atoms with Crippen molar-refractivity contribution >= 4 is 0 Å². The third kappa shape index (κ3) is 1.33. The van der Waals surface area contributed by atoms with Crippen LogP contribution in [0.25, 0.3) is 0 Å². The van der Waals surface area contributed by atoms with E-state index in [1.54, 1.807) is 7.11 Å². The second-order valence-corrected chi connectivity index (χ2v) is 2.16. The first-order chi connectivity index (χ1) is 4.74. The summed E-state index contributed by atoms with van der Waals surface area (Å²) >= 11 is 0. The van der Waals surface area contributed by atoms with Gasteiger partial charge in [0.1, 0.15) is 11.9 Å². The van der Waals surface area contributed by atoms with E-state index >= 15 is 0 Å². The molecule has 0 saturated heterocycles. The van der Waals surface area contributed by atoms with Gasteiger partial charge in [-0.25, -0.2) is 4.98 Å². The topological polar surface area (TPSA) is 50.8 Å². The molecule has 4 heteroatoms. The van der Waals surface area contributed by atoms with Crippen LogP contribution >= 0.6 is 0 Å². The molecular weight excluding hydrogens is 130 g/mol. The number of hydrogen-bond acceptors (Lipinski definition) is 3. The summed E-state index contributed by atoms with van der Waals surface area (Å²) in [6.45, 7) is 3.77. The van der Waals surface area contributed by atoms with Crippen molar-refractivity contribution in [1.82, 2.24) is 15.2 Å². The maximum absolute atomic E-state index is 5.00. The van der Waals surface area contributed by atoms with Crippen LogP contribution in [0.2, 0.25) is 0 Å². The molecule has 4 nitrogen and oxygen atoms in total. The Hall–Kier alpha value is -0.900. The molecule has 1 atom stereocenters. The zero-order chi connectivity index (χ0) is 7.56. The molecule has 0 fully saturated rings. The molecule has 56 valence electrons. The number of H-pyrrole nitrogens is 1. The van der Waals surface area contributed by atoms with Crippen LogP contribution in [0.5, 0.6) is 0 Å². The Morgan fingerprint density at radius 2 is 2.30 bits per heavy atom. The zero-order valence-corrected chi connectivity index (χ0v) is 6.38. The predicted molar refractivity (Wildman–Crippen MR) is 36.5 cm³/mol. The summed E-state index contributed by atoms with van der Waals surface area (Å²) in [6, 6.07) is 0. The molecule has 1 rings (SSSR count). The molecule has 0 bridgehead atoms. The fourth-order valence-corrected chi connectivity index (χ4v) is 0.647. The standard InChI is InChI=1S/C6H11N3O/c1-4(10-3)6-7-5(2)8-9-6/h4H,1-3H3,(H,7,8,9).